The standard InChI is InChI=1S/C14H25NO3Si/c1-16-19(17-2,18-3)12-6-4-5-7-13-8-10-14(15)11-9-13/h8-11H,4-7,12,15H2,1-3H3. The molecular weight excluding hydrogens is 258 g/mol. The molecule has 4 nitrogen and oxygen atoms in total. The zero-order valence-corrected chi connectivity index (χ0v) is 13.1. The molecule has 1 rings (SSSR count). The first-order chi connectivity index (χ1) is 9.15. The van der Waals surface area contributed by atoms with Crippen molar-refractivity contribution in [2.45, 2.75) is 31.7 Å². The van der Waals surface area contributed by atoms with Gasteiger partial charge in [-0.3, -0.25) is 0 Å². The molecule has 5 heteroatoms. The fourth-order valence-electron chi connectivity index (χ4n) is 2.09. The van der Waals surface area contributed by atoms with E-state index >= 15 is 0 Å². The Bertz CT molecular complexity index is 344. The topological polar surface area (TPSA) is 53.7 Å². The predicted molar refractivity (Wildman–Crippen MR) is 80.0 cm³/mol. The molecule has 0 unspecified atom stereocenters. The highest BCUT2D eigenvalue weighted by atomic mass is 28.4. The Morgan fingerprint density at radius 3 is 2.00 bits per heavy atom. The lowest BCUT2D eigenvalue weighted by molar-refractivity contribution is 0.122. The maximum absolute atomic E-state index is 5.66. The normalized spacial score (nSPS) is 11.7. The van der Waals surface area contributed by atoms with Crippen molar-refractivity contribution >= 4 is 14.5 Å². The second-order valence-corrected chi connectivity index (χ2v) is 7.69. The van der Waals surface area contributed by atoms with E-state index in [1.54, 1.807) is 21.3 Å². The molecular formula is C14H25NO3Si. The highest BCUT2D eigenvalue weighted by molar-refractivity contribution is 6.60. The summed E-state index contributed by atoms with van der Waals surface area (Å²) in [6.07, 6.45) is 4.46. The lowest BCUT2D eigenvalue weighted by Crippen LogP contribution is -2.42. The molecule has 0 amide bonds. The average Bonchev–Trinajstić information content (AvgIpc) is 2.45. The first-order valence-corrected chi connectivity index (χ1v) is 8.59. The molecule has 0 aliphatic carbocycles. The number of unbranched alkanes of at least 4 members (excludes halogenated alkanes) is 2. The molecule has 0 aromatic heterocycles. The van der Waals surface area contributed by atoms with E-state index in [9.17, 15) is 0 Å². The fourth-order valence-corrected chi connectivity index (χ4v) is 3.88. The predicted octanol–water partition coefficient (Wildman–Crippen LogP) is 2.86. The first kappa shape index (κ1) is 16.2. The summed E-state index contributed by atoms with van der Waals surface area (Å²) in [5, 5.41) is 0. The van der Waals surface area contributed by atoms with Gasteiger partial charge in [0.2, 0.25) is 0 Å². The Labute approximate surface area is 117 Å². The molecule has 2 N–H and O–H groups in total. The molecule has 19 heavy (non-hydrogen) atoms. The number of nitrogens with two attached hydrogens (primary N) is 1. The number of aryl methyl sites for hydroxylation is 1. The highest BCUT2D eigenvalue weighted by Crippen LogP contribution is 2.18. The zero-order chi connectivity index (χ0) is 14.1. The summed E-state index contributed by atoms with van der Waals surface area (Å²) in [6, 6.07) is 8.96. The molecule has 0 aliphatic rings. The smallest absolute Gasteiger partial charge is 0.399 e. The van der Waals surface area contributed by atoms with Gasteiger partial charge in [0, 0.05) is 33.1 Å². The molecule has 108 valence electrons. The third-order valence-electron chi connectivity index (χ3n) is 3.36. The van der Waals surface area contributed by atoms with Crippen LogP contribution in [0.4, 0.5) is 5.69 Å². The van der Waals surface area contributed by atoms with E-state index in [1.807, 2.05) is 12.1 Å². The van der Waals surface area contributed by atoms with Gasteiger partial charge in [0.05, 0.1) is 0 Å². The van der Waals surface area contributed by atoms with E-state index in [0.717, 1.165) is 37.4 Å². The largest absolute Gasteiger partial charge is 0.500 e. The molecule has 0 aliphatic heterocycles. The first-order valence-electron chi connectivity index (χ1n) is 6.65. The number of nitrogen functional groups attached to an aromatic ring is 1. The van der Waals surface area contributed by atoms with E-state index in [4.69, 9.17) is 19.0 Å². The molecule has 0 fully saturated rings. The van der Waals surface area contributed by atoms with E-state index in [2.05, 4.69) is 12.1 Å². The summed E-state index contributed by atoms with van der Waals surface area (Å²) in [7, 11) is 2.61. The monoisotopic (exact) mass is 283 g/mol. The van der Waals surface area contributed by atoms with Crippen molar-refractivity contribution in [2.75, 3.05) is 27.1 Å². The average molecular weight is 283 g/mol. The molecule has 1 aromatic carbocycles. The maximum Gasteiger partial charge on any atom is 0.500 e. The Morgan fingerprint density at radius 1 is 0.895 bits per heavy atom. The maximum atomic E-state index is 5.66. The number of anilines is 1. The summed E-state index contributed by atoms with van der Waals surface area (Å²) in [5.41, 5.74) is 7.82. The second-order valence-electron chi connectivity index (χ2n) is 4.60. The van der Waals surface area contributed by atoms with Crippen molar-refractivity contribution < 1.29 is 13.3 Å². The van der Waals surface area contributed by atoms with Gasteiger partial charge in [-0.1, -0.05) is 18.6 Å². The van der Waals surface area contributed by atoms with Crippen LogP contribution in [0.2, 0.25) is 6.04 Å². The van der Waals surface area contributed by atoms with Gasteiger partial charge in [-0.2, -0.15) is 0 Å². The lowest BCUT2D eigenvalue weighted by Gasteiger charge is -2.24. The van der Waals surface area contributed by atoms with Gasteiger partial charge < -0.3 is 19.0 Å². The molecule has 0 saturated carbocycles. The van der Waals surface area contributed by atoms with Crippen molar-refractivity contribution in [2.24, 2.45) is 0 Å². The molecule has 0 heterocycles. The quantitative estimate of drug-likeness (QED) is 0.430. The van der Waals surface area contributed by atoms with Crippen LogP contribution in [0.25, 0.3) is 0 Å². The molecule has 0 atom stereocenters. The van der Waals surface area contributed by atoms with Gasteiger partial charge in [-0.25, -0.2) is 0 Å². The zero-order valence-electron chi connectivity index (χ0n) is 12.1. The van der Waals surface area contributed by atoms with Crippen LogP contribution in [0.3, 0.4) is 0 Å². The van der Waals surface area contributed by atoms with Crippen LogP contribution in [-0.4, -0.2) is 30.1 Å². The Kier molecular flexibility index (Phi) is 7.08. The summed E-state index contributed by atoms with van der Waals surface area (Å²) >= 11 is 0. The van der Waals surface area contributed by atoms with E-state index < -0.39 is 8.80 Å². The van der Waals surface area contributed by atoms with Crippen LogP contribution >= 0.6 is 0 Å². The third-order valence-corrected chi connectivity index (χ3v) is 6.19. The van der Waals surface area contributed by atoms with Crippen LogP contribution in [0, 0.1) is 0 Å². The molecule has 0 spiro atoms. The minimum atomic E-state index is -2.37. The number of hydrogen-bond acceptors (Lipinski definition) is 4. The minimum absolute atomic E-state index is 0.819. The van der Waals surface area contributed by atoms with Crippen molar-refractivity contribution in [1.29, 1.82) is 0 Å². The van der Waals surface area contributed by atoms with Crippen LogP contribution in [0.1, 0.15) is 24.8 Å². The van der Waals surface area contributed by atoms with Crippen molar-refractivity contribution in [1.82, 2.24) is 0 Å². The van der Waals surface area contributed by atoms with Gasteiger partial charge >= 0.3 is 8.80 Å². The van der Waals surface area contributed by atoms with Crippen molar-refractivity contribution in [3.05, 3.63) is 29.8 Å². The summed E-state index contributed by atoms with van der Waals surface area (Å²) < 4.78 is 16.2. The van der Waals surface area contributed by atoms with E-state index in [0.29, 0.717) is 0 Å². The highest BCUT2D eigenvalue weighted by Gasteiger charge is 2.36. The van der Waals surface area contributed by atoms with Crippen molar-refractivity contribution in [3.63, 3.8) is 0 Å². The summed E-state index contributed by atoms with van der Waals surface area (Å²) in [4.78, 5) is 0. The van der Waals surface area contributed by atoms with Gasteiger partial charge in [-0.05, 0) is 37.0 Å². The summed E-state index contributed by atoms with van der Waals surface area (Å²) in [5.74, 6) is 0. The van der Waals surface area contributed by atoms with Gasteiger partial charge in [0.25, 0.3) is 0 Å². The number of rotatable bonds is 9. The van der Waals surface area contributed by atoms with Crippen LogP contribution in [0.15, 0.2) is 24.3 Å². The molecule has 0 bridgehead atoms. The Morgan fingerprint density at radius 2 is 1.47 bits per heavy atom. The van der Waals surface area contributed by atoms with Crippen LogP contribution in [-0.2, 0) is 19.7 Å². The minimum Gasteiger partial charge on any atom is -0.399 e. The SMILES string of the molecule is CO[Si](CCCCCc1ccc(N)cc1)(OC)OC. The third kappa shape index (κ3) is 5.32. The van der Waals surface area contributed by atoms with Crippen LogP contribution in [0.5, 0.6) is 0 Å². The number of benzene rings is 1. The number of hydrogen-bond donors (Lipinski definition) is 1. The van der Waals surface area contributed by atoms with E-state index in [1.165, 1.54) is 5.56 Å². The Balaban J connectivity index is 2.22. The molecule has 0 saturated heterocycles. The van der Waals surface area contributed by atoms with Gasteiger partial charge in [0.15, 0.2) is 0 Å². The van der Waals surface area contributed by atoms with E-state index in [-0.39, 0.29) is 0 Å². The van der Waals surface area contributed by atoms with Crippen molar-refractivity contribution in [3.8, 4) is 0 Å². The fraction of sp³-hybridized carbons (Fsp3) is 0.571. The lowest BCUT2D eigenvalue weighted by atomic mass is 10.1. The molecule has 0 radical (unpaired) electrons. The van der Waals surface area contributed by atoms with Gasteiger partial charge in [0.1, 0.15) is 0 Å². The molecule has 1 aromatic rings. The second kappa shape index (κ2) is 8.32. The summed E-state index contributed by atoms with van der Waals surface area (Å²) in [6.45, 7) is 0. The Hall–Kier alpha value is -0.883. The van der Waals surface area contributed by atoms with Crippen LogP contribution < -0.4 is 5.73 Å². The van der Waals surface area contributed by atoms with Gasteiger partial charge in [-0.15, -0.1) is 0 Å².